The molecular weight excluding hydrogens is 326 g/mol. The van der Waals surface area contributed by atoms with Gasteiger partial charge in [-0.3, -0.25) is 9.48 Å². The second kappa shape index (κ2) is 8.04. The van der Waals surface area contributed by atoms with Crippen LogP contribution < -0.4 is 10.9 Å². The van der Waals surface area contributed by atoms with Crippen LogP contribution >= 0.6 is 0 Å². The average molecular weight is 351 g/mol. The predicted molar refractivity (Wildman–Crippen MR) is 105 cm³/mol. The summed E-state index contributed by atoms with van der Waals surface area (Å²) in [6, 6.07) is 17.1. The van der Waals surface area contributed by atoms with E-state index in [0.29, 0.717) is 11.9 Å². The molecule has 3 aromatic rings. The molecule has 0 aliphatic rings. The molecule has 1 unspecified atom stereocenters. The van der Waals surface area contributed by atoms with Crippen molar-refractivity contribution in [2.24, 2.45) is 0 Å². The lowest BCUT2D eigenvalue weighted by molar-refractivity contribution is 0.230. The van der Waals surface area contributed by atoms with Crippen molar-refractivity contribution in [2.45, 2.75) is 45.7 Å². The zero-order valence-electron chi connectivity index (χ0n) is 15.3. The van der Waals surface area contributed by atoms with Gasteiger partial charge in [0.1, 0.15) is 0 Å². The molecule has 1 heterocycles. The van der Waals surface area contributed by atoms with Crippen LogP contribution in [0.4, 0.5) is 4.79 Å². The average Bonchev–Trinajstić information content (AvgIpc) is 2.93. The third kappa shape index (κ3) is 3.72. The lowest BCUT2D eigenvalue weighted by Crippen LogP contribution is -2.42. The Morgan fingerprint density at radius 2 is 1.77 bits per heavy atom. The summed E-state index contributed by atoms with van der Waals surface area (Å²) in [5, 5.41) is 3.51. The summed E-state index contributed by atoms with van der Waals surface area (Å²) in [6.45, 7) is 4.59. The molecule has 136 valence electrons. The van der Waals surface area contributed by atoms with Gasteiger partial charge in [-0.05, 0) is 37.5 Å². The lowest BCUT2D eigenvalue weighted by Gasteiger charge is -2.16. The van der Waals surface area contributed by atoms with Gasteiger partial charge in [0, 0.05) is 12.6 Å². The number of hydrogen-bond acceptors (Lipinski definition) is 2. The maximum Gasteiger partial charge on any atom is 0.344 e. The molecule has 0 saturated heterocycles. The van der Waals surface area contributed by atoms with Gasteiger partial charge in [0.15, 0.2) is 0 Å². The highest BCUT2D eigenvalue weighted by Crippen LogP contribution is 2.13. The summed E-state index contributed by atoms with van der Waals surface area (Å²) in [4.78, 5) is 25.6. The van der Waals surface area contributed by atoms with Crippen molar-refractivity contribution in [1.29, 1.82) is 0 Å². The normalized spacial score (nSPS) is 12.2. The molecule has 0 saturated carbocycles. The SMILES string of the molecule is CCCC(C)NC(=O)n1c(=O)c2ccccc2n1CCc1ccccc1. The van der Waals surface area contributed by atoms with Gasteiger partial charge in [-0.2, -0.15) is 4.68 Å². The number of carbonyl (C=O) groups excluding carboxylic acids is 1. The number of nitrogens with one attached hydrogen (secondary N) is 1. The monoisotopic (exact) mass is 351 g/mol. The van der Waals surface area contributed by atoms with Crippen LogP contribution in [0.1, 0.15) is 32.3 Å². The maximum atomic E-state index is 12.8. The summed E-state index contributed by atoms with van der Waals surface area (Å²) >= 11 is 0. The molecule has 1 N–H and O–H groups in total. The number of aryl methyl sites for hydroxylation is 2. The Hall–Kier alpha value is -2.82. The van der Waals surface area contributed by atoms with E-state index in [2.05, 4.69) is 24.4 Å². The number of para-hydroxylation sites is 1. The molecular formula is C21H25N3O2. The third-order valence-electron chi connectivity index (χ3n) is 4.59. The second-order valence-corrected chi connectivity index (χ2v) is 6.63. The van der Waals surface area contributed by atoms with Crippen LogP contribution in [0.2, 0.25) is 0 Å². The van der Waals surface area contributed by atoms with Gasteiger partial charge in [0.2, 0.25) is 0 Å². The van der Waals surface area contributed by atoms with E-state index in [1.54, 1.807) is 10.7 Å². The topological polar surface area (TPSA) is 56.0 Å². The molecule has 0 radical (unpaired) electrons. The van der Waals surface area contributed by atoms with Crippen molar-refractivity contribution < 1.29 is 4.79 Å². The quantitative estimate of drug-likeness (QED) is 0.734. The minimum atomic E-state index is -0.361. The van der Waals surface area contributed by atoms with Gasteiger partial charge in [-0.15, -0.1) is 0 Å². The summed E-state index contributed by atoms with van der Waals surface area (Å²) in [5.41, 5.74) is 1.69. The first-order valence-electron chi connectivity index (χ1n) is 9.17. The lowest BCUT2D eigenvalue weighted by atomic mass is 10.1. The molecule has 1 amide bonds. The van der Waals surface area contributed by atoms with Gasteiger partial charge < -0.3 is 5.32 Å². The molecule has 0 aliphatic heterocycles. The van der Waals surface area contributed by atoms with Crippen LogP contribution in [-0.4, -0.2) is 21.4 Å². The van der Waals surface area contributed by atoms with Crippen molar-refractivity contribution in [3.63, 3.8) is 0 Å². The number of benzene rings is 2. The molecule has 26 heavy (non-hydrogen) atoms. The fourth-order valence-corrected chi connectivity index (χ4v) is 3.29. The van der Waals surface area contributed by atoms with Gasteiger partial charge >= 0.3 is 6.03 Å². The Balaban J connectivity index is 1.97. The molecule has 0 spiro atoms. The van der Waals surface area contributed by atoms with Crippen LogP contribution in [0.3, 0.4) is 0 Å². The van der Waals surface area contributed by atoms with Crippen molar-refractivity contribution in [2.75, 3.05) is 0 Å². The van der Waals surface area contributed by atoms with Crippen LogP contribution in [0.15, 0.2) is 59.4 Å². The van der Waals surface area contributed by atoms with Gasteiger partial charge in [-0.1, -0.05) is 55.8 Å². The van der Waals surface area contributed by atoms with Crippen molar-refractivity contribution in [3.8, 4) is 0 Å². The van der Waals surface area contributed by atoms with E-state index in [1.807, 2.05) is 43.3 Å². The zero-order valence-corrected chi connectivity index (χ0v) is 15.3. The van der Waals surface area contributed by atoms with E-state index in [4.69, 9.17) is 0 Å². The Bertz CT molecular complexity index is 941. The molecule has 1 atom stereocenters. The molecule has 2 aromatic carbocycles. The van der Waals surface area contributed by atoms with Crippen molar-refractivity contribution in [3.05, 3.63) is 70.5 Å². The summed E-state index contributed by atoms with van der Waals surface area (Å²) in [7, 11) is 0. The van der Waals surface area contributed by atoms with Crippen LogP contribution in [0.5, 0.6) is 0 Å². The molecule has 3 rings (SSSR count). The van der Waals surface area contributed by atoms with Crippen molar-refractivity contribution >= 4 is 16.9 Å². The molecule has 5 nitrogen and oxygen atoms in total. The van der Waals surface area contributed by atoms with E-state index in [0.717, 1.165) is 24.8 Å². The van der Waals surface area contributed by atoms with Gasteiger partial charge in [0.05, 0.1) is 10.9 Å². The van der Waals surface area contributed by atoms with Crippen molar-refractivity contribution in [1.82, 2.24) is 14.7 Å². The van der Waals surface area contributed by atoms with E-state index >= 15 is 0 Å². The Kier molecular flexibility index (Phi) is 5.56. The molecule has 0 aliphatic carbocycles. The summed E-state index contributed by atoms with van der Waals surface area (Å²) in [6.07, 6.45) is 2.61. The zero-order chi connectivity index (χ0) is 18.5. The first kappa shape index (κ1) is 18.0. The highest BCUT2D eigenvalue weighted by atomic mass is 16.2. The number of amides is 1. The summed E-state index contributed by atoms with van der Waals surface area (Å²) in [5.74, 6) is 0. The minimum Gasteiger partial charge on any atom is -0.334 e. The highest BCUT2D eigenvalue weighted by Gasteiger charge is 2.19. The number of rotatable bonds is 6. The fraction of sp³-hybridized carbons (Fsp3) is 0.333. The maximum absolute atomic E-state index is 12.8. The van der Waals surface area contributed by atoms with E-state index in [-0.39, 0.29) is 17.6 Å². The largest absolute Gasteiger partial charge is 0.344 e. The highest BCUT2D eigenvalue weighted by molar-refractivity contribution is 5.85. The fourth-order valence-electron chi connectivity index (χ4n) is 3.29. The Morgan fingerprint density at radius 3 is 2.50 bits per heavy atom. The second-order valence-electron chi connectivity index (χ2n) is 6.63. The number of fused-ring (bicyclic) bond motifs is 1. The predicted octanol–water partition coefficient (Wildman–Crippen LogP) is 3.79. The Morgan fingerprint density at radius 1 is 1.08 bits per heavy atom. The molecule has 5 heteroatoms. The number of carbonyl (C=O) groups is 1. The number of hydrogen-bond donors (Lipinski definition) is 1. The third-order valence-corrected chi connectivity index (χ3v) is 4.59. The van der Waals surface area contributed by atoms with E-state index in [9.17, 15) is 9.59 Å². The minimum absolute atomic E-state index is 0.0278. The number of aromatic nitrogens is 2. The van der Waals surface area contributed by atoms with Gasteiger partial charge in [0.25, 0.3) is 5.56 Å². The molecule has 0 fully saturated rings. The Labute approximate surface area is 153 Å². The molecule has 0 bridgehead atoms. The van der Waals surface area contributed by atoms with Crippen LogP contribution in [0, 0.1) is 0 Å². The first-order valence-corrected chi connectivity index (χ1v) is 9.17. The first-order chi connectivity index (χ1) is 12.6. The smallest absolute Gasteiger partial charge is 0.334 e. The van der Waals surface area contributed by atoms with E-state index < -0.39 is 0 Å². The van der Waals surface area contributed by atoms with Crippen LogP contribution in [0.25, 0.3) is 10.9 Å². The molecule has 1 aromatic heterocycles. The standard InChI is InChI=1S/C21H25N3O2/c1-3-9-16(2)22-21(26)24-20(25)18-12-7-8-13-19(18)23(24)15-14-17-10-5-4-6-11-17/h4-8,10-13,16H,3,9,14-15H2,1-2H3,(H,22,26). The van der Waals surface area contributed by atoms with Gasteiger partial charge in [-0.25, -0.2) is 4.79 Å². The summed E-state index contributed by atoms with van der Waals surface area (Å²) < 4.78 is 3.04. The number of nitrogens with zero attached hydrogens (tertiary/aromatic N) is 2. The van der Waals surface area contributed by atoms with Crippen LogP contribution in [-0.2, 0) is 13.0 Å². The van der Waals surface area contributed by atoms with E-state index in [1.165, 1.54) is 10.2 Å².